The number of aldehydes is 1. The summed E-state index contributed by atoms with van der Waals surface area (Å²) in [6, 6.07) is 3.45. The lowest BCUT2D eigenvalue weighted by Gasteiger charge is -2.04. The molecule has 0 fully saturated rings. The summed E-state index contributed by atoms with van der Waals surface area (Å²) in [4.78, 5) is 18.1. The summed E-state index contributed by atoms with van der Waals surface area (Å²) >= 11 is 6.45. The average Bonchev–Trinajstić information content (AvgIpc) is 2.55. The van der Waals surface area contributed by atoms with Gasteiger partial charge in [-0.05, 0) is 44.0 Å². The number of hydrogen-bond acceptors (Lipinski definition) is 6. The van der Waals surface area contributed by atoms with E-state index in [0.717, 1.165) is 8.95 Å². The van der Waals surface area contributed by atoms with E-state index in [1.807, 2.05) is 0 Å². The molecule has 2 aromatic heterocycles. The Morgan fingerprint density at radius 1 is 1.09 bits per heavy atom. The first kappa shape index (κ1) is 18.5. The second-order valence-corrected chi connectivity index (χ2v) is 5.65. The number of methoxy groups -OCH3 is 2. The van der Waals surface area contributed by atoms with E-state index < -0.39 is 0 Å². The van der Waals surface area contributed by atoms with Crippen molar-refractivity contribution in [3.05, 3.63) is 44.9 Å². The quantitative estimate of drug-likeness (QED) is 0.746. The average molecular weight is 434 g/mol. The highest BCUT2D eigenvalue weighted by Gasteiger charge is 2.03. The van der Waals surface area contributed by atoms with Crippen molar-refractivity contribution < 1.29 is 19.4 Å². The Balaban J connectivity index is 0.000000220. The highest BCUT2D eigenvalue weighted by atomic mass is 79.9. The van der Waals surface area contributed by atoms with Gasteiger partial charge in [-0.15, -0.1) is 0 Å². The van der Waals surface area contributed by atoms with Gasteiger partial charge >= 0.3 is 0 Å². The van der Waals surface area contributed by atoms with Gasteiger partial charge in [0.15, 0.2) is 6.29 Å². The predicted molar refractivity (Wildman–Crippen MR) is 88.3 cm³/mol. The van der Waals surface area contributed by atoms with Crippen LogP contribution in [-0.4, -0.2) is 35.6 Å². The summed E-state index contributed by atoms with van der Waals surface area (Å²) in [5.74, 6) is 1.08. The van der Waals surface area contributed by atoms with Gasteiger partial charge in [-0.3, -0.25) is 9.78 Å². The lowest BCUT2D eigenvalue weighted by atomic mass is 10.3. The summed E-state index contributed by atoms with van der Waals surface area (Å²) < 4.78 is 11.5. The summed E-state index contributed by atoms with van der Waals surface area (Å²) in [6.07, 6.45) is 3.82. The maximum absolute atomic E-state index is 10.3. The Bertz CT molecular complexity index is 638. The largest absolute Gasteiger partial charge is 0.495 e. The van der Waals surface area contributed by atoms with Crippen LogP contribution in [0.5, 0.6) is 11.5 Å². The molecule has 0 amide bonds. The van der Waals surface area contributed by atoms with Crippen molar-refractivity contribution in [1.82, 2.24) is 9.97 Å². The van der Waals surface area contributed by atoms with E-state index in [1.165, 1.54) is 7.11 Å². The lowest BCUT2D eigenvalue weighted by molar-refractivity contribution is 0.111. The Morgan fingerprint density at radius 2 is 1.64 bits per heavy atom. The van der Waals surface area contributed by atoms with Gasteiger partial charge in [-0.2, -0.15) is 0 Å². The first-order valence-electron chi connectivity index (χ1n) is 5.99. The van der Waals surface area contributed by atoms with Crippen LogP contribution < -0.4 is 9.47 Å². The number of rotatable bonds is 4. The molecule has 0 saturated carbocycles. The number of carbonyl (C=O) groups excluding carboxylic acids is 1. The van der Waals surface area contributed by atoms with Crippen molar-refractivity contribution in [3.63, 3.8) is 0 Å². The molecule has 0 aliphatic rings. The molecular formula is C14H14Br2N2O4. The molecule has 2 rings (SSSR count). The first-order valence-corrected chi connectivity index (χ1v) is 7.58. The molecule has 1 N–H and O–H groups in total. The molecule has 0 radical (unpaired) electrons. The minimum atomic E-state index is -0.101. The molecule has 8 heteroatoms. The fraction of sp³-hybridized carbons (Fsp3) is 0.214. The third kappa shape index (κ3) is 5.36. The summed E-state index contributed by atoms with van der Waals surface area (Å²) in [5, 5.41) is 8.78. The number of halogens is 2. The van der Waals surface area contributed by atoms with Gasteiger partial charge in [-0.1, -0.05) is 0 Å². The van der Waals surface area contributed by atoms with E-state index >= 15 is 0 Å². The van der Waals surface area contributed by atoms with E-state index in [-0.39, 0.29) is 6.61 Å². The zero-order chi connectivity index (χ0) is 16.5. The van der Waals surface area contributed by atoms with Gasteiger partial charge in [0.25, 0.3) is 0 Å². The minimum Gasteiger partial charge on any atom is -0.495 e. The molecule has 0 spiro atoms. The van der Waals surface area contributed by atoms with Gasteiger partial charge in [-0.25, -0.2) is 4.98 Å². The molecule has 0 unspecified atom stereocenters. The smallest absolute Gasteiger partial charge is 0.172 e. The topological polar surface area (TPSA) is 81.5 Å². The number of hydrogen-bond donors (Lipinski definition) is 1. The Morgan fingerprint density at radius 3 is 2.14 bits per heavy atom. The van der Waals surface area contributed by atoms with Crippen LogP contribution in [0.15, 0.2) is 33.5 Å². The first-order chi connectivity index (χ1) is 10.5. The highest BCUT2D eigenvalue weighted by Crippen LogP contribution is 2.20. The SMILES string of the molecule is COc1cc(Br)cnc1C=O.COc1cc(Br)cnc1CO. The van der Waals surface area contributed by atoms with Crippen molar-refractivity contribution in [2.75, 3.05) is 14.2 Å². The molecule has 0 saturated heterocycles. The van der Waals surface area contributed by atoms with Crippen molar-refractivity contribution >= 4 is 38.1 Å². The molecule has 0 aliphatic carbocycles. The van der Waals surface area contributed by atoms with Crippen molar-refractivity contribution in [2.45, 2.75) is 6.61 Å². The van der Waals surface area contributed by atoms with E-state index in [1.54, 1.807) is 31.6 Å². The zero-order valence-electron chi connectivity index (χ0n) is 11.9. The summed E-state index contributed by atoms with van der Waals surface area (Å²) in [7, 11) is 3.04. The Kier molecular flexibility index (Phi) is 8.00. The van der Waals surface area contributed by atoms with Crippen LogP contribution in [0.1, 0.15) is 16.2 Å². The van der Waals surface area contributed by atoms with E-state index in [0.29, 0.717) is 29.2 Å². The standard InChI is InChI=1S/C7H8BrNO2.C7H6BrNO2/c2*1-11-7-2-5(8)3-9-6(7)4-10/h2-3,10H,4H2,1H3;2-4H,1H3. The second kappa shape index (κ2) is 9.50. The van der Waals surface area contributed by atoms with Gasteiger partial charge in [0.1, 0.15) is 22.9 Å². The third-order valence-electron chi connectivity index (χ3n) is 2.45. The van der Waals surface area contributed by atoms with Crippen molar-refractivity contribution in [1.29, 1.82) is 0 Å². The molecule has 22 heavy (non-hydrogen) atoms. The Hall–Kier alpha value is -1.51. The minimum absolute atomic E-state index is 0.101. The molecular weight excluding hydrogens is 420 g/mol. The molecule has 0 aromatic carbocycles. The number of aromatic nitrogens is 2. The van der Waals surface area contributed by atoms with Crippen LogP contribution in [0, 0.1) is 0 Å². The molecule has 2 heterocycles. The van der Waals surface area contributed by atoms with Crippen molar-refractivity contribution in [2.24, 2.45) is 0 Å². The van der Waals surface area contributed by atoms with Crippen LogP contribution in [0.25, 0.3) is 0 Å². The van der Waals surface area contributed by atoms with Gasteiger partial charge in [0.05, 0.1) is 20.8 Å². The number of aliphatic hydroxyl groups is 1. The van der Waals surface area contributed by atoms with Gasteiger partial charge in [0.2, 0.25) is 0 Å². The molecule has 0 atom stereocenters. The zero-order valence-corrected chi connectivity index (χ0v) is 15.1. The molecule has 0 aliphatic heterocycles. The van der Waals surface area contributed by atoms with Crippen LogP contribution in [0.4, 0.5) is 0 Å². The van der Waals surface area contributed by atoms with Crippen LogP contribution >= 0.6 is 31.9 Å². The van der Waals surface area contributed by atoms with Crippen molar-refractivity contribution in [3.8, 4) is 11.5 Å². The second-order valence-electron chi connectivity index (χ2n) is 3.82. The van der Waals surface area contributed by atoms with Crippen LogP contribution in [-0.2, 0) is 6.61 Å². The number of ether oxygens (including phenoxy) is 2. The van der Waals surface area contributed by atoms with Gasteiger partial charge < -0.3 is 14.6 Å². The lowest BCUT2D eigenvalue weighted by Crippen LogP contribution is -1.94. The fourth-order valence-corrected chi connectivity index (χ4v) is 2.05. The monoisotopic (exact) mass is 432 g/mol. The predicted octanol–water partition coefficient (Wildman–Crippen LogP) is 3.01. The summed E-state index contributed by atoms with van der Waals surface area (Å²) in [5.41, 5.74) is 0.867. The molecule has 0 bridgehead atoms. The fourth-order valence-electron chi connectivity index (χ4n) is 1.43. The van der Waals surface area contributed by atoms with Crippen LogP contribution in [0.3, 0.4) is 0 Å². The summed E-state index contributed by atoms with van der Waals surface area (Å²) in [6.45, 7) is -0.101. The normalized spacial score (nSPS) is 9.50. The maximum Gasteiger partial charge on any atom is 0.172 e. The number of aliphatic hydroxyl groups excluding tert-OH is 1. The molecule has 6 nitrogen and oxygen atoms in total. The third-order valence-corrected chi connectivity index (χ3v) is 3.31. The Labute approximate surface area is 144 Å². The van der Waals surface area contributed by atoms with Gasteiger partial charge in [0, 0.05) is 21.3 Å². The van der Waals surface area contributed by atoms with Crippen LogP contribution in [0.2, 0.25) is 0 Å². The molecule has 118 valence electrons. The number of nitrogens with zero attached hydrogens (tertiary/aromatic N) is 2. The van der Waals surface area contributed by atoms with E-state index in [2.05, 4.69) is 41.8 Å². The maximum atomic E-state index is 10.3. The number of pyridine rings is 2. The highest BCUT2D eigenvalue weighted by molar-refractivity contribution is 9.10. The number of carbonyl (C=O) groups is 1. The van der Waals surface area contributed by atoms with E-state index in [4.69, 9.17) is 14.6 Å². The van der Waals surface area contributed by atoms with E-state index in [9.17, 15) is 4.79 Å². The molecule has 2 aromatic rings.